The topological polar surface area (TPSA) is 126 Å². The number of fused-ring (bicyclic) bond motifs is 4. The highest BCUT2D eigenvalue weighted by atomic mass is 16.5. The molecule has 0 unspecified atom stereocenters. The molecule has 2 atom stereocenters. The average molecular weight is 458 g/mol. The summed E-state index contributed by atoms with van der Waals surface area (Å²) < 4.78 is 7.86. The first kappa shape index (κ1) is 24.2. The number of carbonyl (C=O) groups excluding carboxylic acids is 3. The molecule has 2 bridgehead atoms. The summed E-state index contributed by atoms with van der Waals surface area (Å²) in [4.78, 5) is 42.9. The number of ether oxygens (including phenoxy) is 1. The van der Waals surface area contributed by atoms with Crippen LogP contribution in [0.5, 0.6) is 5.75 Å². The number of benzene rings is 1. The zero-order chi connectivity index (χ0) is 23.8. The van der Waals surface area contributed by atoms with Crippen molar-refractivity contribution in [2.45, 2.75) is 45.4 Å². The first-order chi connectivity index (χ1) is 15.8. The lowest BCUT2D eigenvalue weighted by Gasteiger charge is -2.24. The number of nitrogens with one attached hydrogen (secondary N) is 2. The molecule has 3 amide bonds. The maximum absolute atomic E-state index is 12.6. The molecule has 1 aliphatic rings. The molecule has 0 spiro atoms. The number of aryl methyl sites for hydroxylation is 1. The van der Waals surface area contributed by atoms with E-state index in [1.54, 1.807) is 6.20 Å². The van der Waals surface area contributed by atoms with Crippen molar-refractivity contribution < 1.29 is 24.2 Å². The van der Waals surface area contributed by atoms with Crippen molar-refractivity contribution in [3.63, 3.8) is 0 Å². The third-order valence-corrected chi connectivity index (χ3v) is 5.38. The lowest BCUT2D eigenvalue weighted by atomic mass is 10.1. The number of aromatic nitrogens is 2. The Morgan fingerprint density at radius 2 is 2.09 bits per heavy atom. The normalized spacial score (nSPS) is 19.6. The van der Waals surface area contributed by atoms with E-state index >= 15 is 0 Å². The van der Waals surface area contributed by atoms with Crippen LogP contribution in [-0.2, 0) is 20.9 Å². The largest absolute Gasteiger partial charge is 0.494 e. The molecule has 33 heavy (non-hydrogen) atoms. The Morgan fingerprint density at radius 3 is 2.85 bits per heavy atom. The van der Waals surface area contributed by atoms with Crippen molar-refractivity contribution in [3.05, 3.63) is 36.7 Å². The second-order valence-electron chi connectivity index (χ2n) is 8.05. The highest BCUT2D eigenvalue weighted by molar-refractivity contribution is 5.90. The summed E-state index contributed by atoms with van der Waals surface area (Å²) in [5.74, 6) is 0.238. The van der Waals surface area contributed by atoms with Crippen LogP contribution in [-0.4, -0.2) is 75.7 Å². The molecule has 0 saturated carbocycles. The Kier molecular flexibility index (Phi) is 8.42. The highest BCUT2D eigenvalue weighted by Crippen LogP contribution is 2.23. The van der Waals surface area contributed by atoms with E-state index in [0.29, 0.717) is 44.8 Å². The van der Waals surface area contributed by atoms with Gasteiger partial charge in [0.25, 0.3) is 0 Å². The molecule has 10 heteroatoms. The van der Waals surface area contributed by atoms with Crippen LogP contribution in [0.2, 0.25) is 0 Å². The van der Waals surface area contributed by atoms with Gasteiger partial charge in [-0.2, -0.15) is 0 Å². The number of hydrogen-bond acceptors (Lipinski definition) is 6. The van der Waals surface area contributed by atoms with Gasteiger partial charge < -0.3 is 29.9 Å². The fraction of sp³-hybridized carbons (Fsp3) is 0.478. The third-order valence-electron chi connectivity index (χ3n) is 5.38. The molecule has 178 valence electrons. The lowest BCUT2D eigenvalue weighted by Crippen LogP contribution is -2.54. The van der Waals surface area contributed by atoms with Crippen LogP contribution in [0.3, 0.4) is 0 Å². The molecule has 1 aromatic heterocycles. The van der Waals surface area contributed by atoms with Crippen molar-refractivity contribution >= 4 is 17.7 Å². The maximum atomic E-state index is 12.6. The SMILES string of the molecule is CC(=O)N1CCCOc2cccc(c2)-c2nccn2CCCNC(=O)[C@H]([C@@H](C)O)NC(=O)C1. The number of nitrogens with zero attached hydrogens (tertiary/aromatic N) is 3. The number of carbonyl (C=O) groups is 3. The fourth-order valence-electron chi connectivity index (χ4n) is 3.64. The summed E-state index contributed by atoms with van der Waals surface area (Å²) >= 11 is 0. The van der Waals surface area contributed by atoms with Crippen LogP contribution >= 0.6 is 0 Å². The molecule has 1 aliphatic heterocycles. The van der Waals surface area contributed by atoms with E-state index in [-0.39, 0.29) is 12.5 Å². The van der Waals surface area contributed by atoms with E-state index < -0.39 is 24.0 Å². The molecule has 2 heterocycles. The summed E-state index contributed by atoms with van der Waals surface area (Å²) in [6.45, 7) is 4.28. The van der Waals surface area contributed by atoms with Crippen LogP contribution in [0.15, 0.2) is 36.7 Å². The number of aliphatic hydroxyl groups excluding tert-OH is 1. The second-order valence-corrected chi connectivity index (χ2v) is 8.05. The Balaban J connectivity index is 1.79. The molecular weight excluding hydrogens is 426 g/mol. The average Bonchev–Trinajstić information content (AvgIpc) is 3.25. The van der Waals surface area contributed by atoms with E-state index in [9.17, 15) is 19.5 Å². The monoisotopic (exact) mass is 457 g/mol. The molecule has 10 nitrogen and oxygen atoms in total. The lowest BCUT2D eigenvalue weighted by molar-refractivity contribution is -0.136. The number of amides is 3. The van der Waals surface area contributed by atoms with E-state index in [2.05, 4.69) is 15.6 Å². The van der Waals surface area contributed by atoms with Gasteiger partial charge >= 0.3 is 0 Å². The predicted octanol–water partition coefficient (Wildman–Crippen LogP) is 0.553. The van der Waals surface area contributed by atoms with Crippen LogP contribution in [0.4, 0.5) is 0 Å². The maximum Gasteiger partial charge on any atom is 0.245 e. The molecular formula is C23H31N5O5. The van der Waals surface area contributed by atoms with Gasteiger partial charge in [0.2, 0.25) is 17.7 Å². The van der Waals surface area contributed by atoms with E-state index in [1.807, 2.05) is 35.0 Å². The van der Waals surface area contributed by atoms with Gasteiger partial charge in [-0.15, -0.1) is 0 Å². The third kappa shape index (κ3) is 6.79. The number of rotatable bonds is 1. The molecule has 0 fully saturated rings. The van der Waals surface area contributed by atoms with Gasteiger partial charge in [-0.1, -0.05) is 12.1 Å². The van der Waals surface area contributed by atoms with Crippen LogP contribution < -0.4 is 15.4 Å². The van der Waals surface area contributed by atoms with Crippen LogP contribution in [0.25, 0.3) is 11.4 Å². The van der Waals surface area contributed by atoms with Crippen LogP contribution in [0.1, 0.15) is 26.7 Å². The van der Waals surface area contributed by atoms with Gasteiger partial charge in [0.15, 0.2) is 0 Å². The molecule has 0 saturated heterocycles. The minimum atomic E-state index is -1.11. The molecule has 2 aromatic rings. The summed E-state index contributed by atoms with van der Waals surface area (Å²) in [6.07, 6.45) is 3.66. The summed E-state index contributed by atoms with van der Waals surface area (Å²) in [7, 11) is 0. The fourth-order valence-corrected chi connectivity index (χ4v) is 3.64. The Bertz CT molecular complexity index is 974. The van der Waals surface area contributed by atoms with Crippen molar-refractivity contribution in [2.24, 2.45) is 0 Å². The van der Waals surface area contributed by atoms with Gasteiger partial charge in [-0.05, 0) is 31.9 Å². The van der Waals surface area contributed by atoms with Crippen molar-refractivity contribution in [3.8, 4) is 17.1 Å². The Hall–Kier alpha value is -3.40. The zero-order valence-electron chi connectivity index (χ0n) is 19.0. The highest BCUT2D eigenvalue weighted by Gasteiger charge is 2.26. The number of aliphatic hydroxyl groups is 1. The van der Waals surface area contributed by atoms with Crippen LogP contribution in [0, 0.1) is 0 Å². The summed E-state index contributed by atoms with van der Waals surface area (Å²) in [5, 5.41) is 15.3. The van der Waals surface area contributed by atoms with Gasteiger partial charge in [-0.3, -0.25) is 14.4 Å². The molecule has 0 radical (unpaired) electrons. The standard InChI is InChI=1S/C23H31N5O5/c1-16(29)21-23(32)25-8-4-10-27-12-9-24-22(27)18-6-3-7-19(14-18)33-13-5-11-28(17(2)30)15-20(31)26-21/h3,6-7,9,12,14,16,21,29H,4-5,8,10-11,13,15H2,1-2H3,(H,25,32)(H,26,31)/t16-,21+/m1/s1. The van der Waals surface area contributed by atoms with Crippen molar-refractivity contribution in [1.82, 2.24) is 25.1 Å². The van der Waals surface area contributed by atoms with E-state index in [0.717, 1.165) is 11.4 Å². The first-order valence-electron chi connectivity index (χ1n) is 11.1. The minimum Gasteiger partial charge on any atom is -0.494 e. The molecule has 1 aromatic carbocycles. The second kappa shape index (κ2) is 11.5. The smallest absolute Gasteiger partial charge is 0.245 e. The molecule has 0 aliphatic carbocycles. The van der Waals surface area contributed by atoms with Gasteiger partial charge in [-0.25, -0.2) is 4.98 Å². The molecule has 3 N–H and O–H groups in total. The van der Waals surface area contributed by atoms with Gasteiger partial charge in [0, 0.05) is 44.5 Å². The number of imidazole rings is 1. The Morgan fingerprint density at radius 1 is 1.27 bits per heavy atom. The van der Waals surface area contributed by atoms with Crippen molar-refractivity contribution in [1.29, 1.82) is 0 Å². The first-order valence-corrected chi connectivity index (χ1v) is 11.1. The van der Waals surface area contributed by atoms with Gasteiger partial charge in [0.1, 0.15) is 17.6 Å². The van der Waals surface area contributed by atoms with Gasteiger partial charge in [0.05, 0.1) is 19.3 Å². The zero-order valence-corrected chi connectivity index (χ0v) is 19.0. The predicted molar refractivity (Wildman–Crippen MR) is 121 cm³/mol. The quantitative estimate of drug-likeness (QED) is 0.574. The summed E-state index contributed by atoms with van der Waals surface area (Å²) in [5.41, 5.74) is 0.911. The van der Waals surface area contributed by atoms with E-state index in [1.165, 1.54) is 18.7 Å². The molecule has 3 rings (SSSR count). The van der Waals surface area contributed by atoms with E-state index in [4.69, 9.17) is 4.74 Å². The summed E-state index contributed by atoms with van der Waals surface area (Å²) in [6, 6.07) is 6.52. The van der Waals surface area contributed by atoms with Crippen molar-refractivity contribution in [2.75, 3.05) is 26.2 Å². The minimum absolute atomic E-state index is 0.206. The number of hydrogen-bond donors (Lipinski definition) is 3. The Labute approximate surface area is 192 Å².